The maximum absolute atomic E-state index is 11.1. The summed E-state index contributed by atoms with van der Waals surface area (Å²) >= 11 is 1.62. The Balaban J connectivity index is 2.20. The topological polar surface area (TPSA) is 58.2 Å². The van der Waals surface area contributed by atoms with E-state index in [-0.39, 0.29) is 0 Å². The average Bonchev–Trinajstić information content (AvgIpc) is 2.71. The number of amides is 2. The van der Waals surface area contributed by atoms with Gasteiger partial charge in [-0.1, -0.05) is 0 Å². The van der Waals surface area contributed by atoms with E-state index in [0.717, 1.165) is 6.42 Å². The van der Waals surface area contributed by atoms with E-state index in [4.69, 9.17) is 0 Å². The normalized spacial score (nSPS) is 9.67. The van der Waals surface area contributed by atoms with E-state index in [2.05, 4.69) is 10.6 Å². The van der Waals surface area contributed by atoms with Gasteiger partial charge in [0.15, 0.2) is 0 Å². The number of hydrogen-bond acceptors (Lipinski definition) is 3. The molecule has 0 aliphatic heterocycles. The summed E-state index contributed by atoms with van der Waals surface area (Å²) in [5, 5.41) is 9.01. The van der Waals surface area contributed by atoms with Crippen LogP contribution < -0.4 is 10.6 Å². The first-order valence-electron chi connectivity index (χ1n) is 4.81. The first kappa shape index (κ1) is 11.7. The number of likely N-dealkylation sites (N-methyl/N-ethyl adjacent to an activating group) is 1. The highest BCUT2D eigenvalue weighted by atomic mass is 32.1. The predicted octanol–water partition coefficient (Wildman–Crippen LogP) is 0.543. The third-order valence-corrected chi connectivity index (χ3v) is 2.55. The van der Waals surface area contributed by atoms with Crippen molar-refractivity contribution in [2.45, 2.75) is 13.3 Å². The van der Waals surface area contributed by atoms with Crippen molar-refractivity contribution in [2.75, 3.05) is 13.1 Å². The van der Waals surface area contributed by atoms with Crippen LogP contribution in [0.15, 0.2) is 16.8 Å². The molecule has 4 nitrogen and oxygen atoms in total. The van der Waals surface area contributed by atoms with Crippen LogP contribution >= 0.6 is 11.3 Å². The highest BCUT2D eigenvalue weighted by Crippen LogP contribution is 2.05. The summed E-state index contributed by atoms with van der Waals surface area (Å²) in [6, 6.07) is 2.00. The van der Waals surface area contributed by atoms with Gasteiger partial charge in [-0.25, -0.2) is 0 Å². The second-order valence-corrected chi connectivity index (χ2v) is 3.78. The van der Waals surface area contributed by atoms with Crippen LogP contribution in [0, 0.1) is 0 Å². The lowest BCUT2D eigenvalue weighted by Gasteiger charge is -2.03. The fraction of sp³-hybridized carbons (Fsp3) is 0.400. The first-order valence-corrected chi connectivity index (χ1v) is 5.75. The van der Waals surface area contributed by atoms with Crippen LogP contribution in [0.5, 0.6) is 0 Å². The van der Waals surface area contributed by atoms with E-state index in [1.165, 1.54) is 5.56 Å². The number of carbonyl (C=O) groups excluding carboxylic acids is 2. The molecule has 0 fully saturated rings. The summed E-state index contributed by atoms with van der Waals surface area (Å²) in [6.07, 6.45) is 0.759. The Morgan fingerprint density at radius 2 is 2.07 bits per heavy atom. The molecular formula is C10H14N2O2S. The lowest BCUT2D eigenvalue weighted by Crippen LogP contribution is -2.40. The van der Waals surface area contributed by atoms with Crippen molar-refractivity contribution in [3.8, 4) is 0 Å². The van der Waals surface area contributed by atoms with Gasteiger partial charge in [0, 0.05) is 13.1 Å². The van der Waals surface area contributed by atoms with E-state index in [9.17, 15) is 9.59 Å². The molecule has 0 aliphatic rings. The molecule has 0 saturated heterocycles. The van der Waals surface area contributed by atoms with Gasteiger partial charge >= 0.3 is 11.8 Å². The summed E-state index contributed by atoms with van der Waals surface area (Å²) in [5.74, 6) is -1.13. The lowest BCUT2D eigenvalue weighted by atomic mass is 10.2. The molecule has 15 heavy (non-hydrogen) atoms. The Kier molecular flexibility index (Phi) is 4.83. The van der Waals surface area contributed by atoms with Gasteiger partial charge < -0.3 is 10.6 Å². The third kappa shape index (κ3) is 4.12. The molecule has 2 N–H and O–H groups in total. The molecule has 0 aromatic carbocycles. The van der Waals surface area contributed by atoms with Crippen molar-refractivity contribution in [1.82, 2.24) is 10.6 Å². The molecule has 0 atom stereocenters. The average molecular weight is 226 g/mol. The Labute approximate surface area is 92.7 Å². The molecule has 0 spiro atoms. The van der Waals surface area contributed by atoms with Crippen LogP contribution in [0.3, 0.4) is 0 Å². The van der Waals surface area contributed by atoms with Crippen molar-refractivity contribution in [3.05, 3.63) is 22.4 Å². The minimum absolute atomic E-state index is 0.469. The SMILES string of the molecule is CCNC(=O)C(=O)NCCc1ccsc1. The molecule has 5 heteroatoms. The quantitative estimate of drug-likeness (QED) is 0.736. The van der Waals surface area contributed by atoms with Crippen LogP contribution in [-0.2, 0) is 16.0 Å². The van der Waals surface area contributed by atoms with Crippen LogP contribution in [0.2, 0.25) is 0 Å². The van der Waals surface area contributed by atoms with Gasteiger partial charge in [-0.05, 0) is 35.7 Å². The van der Waals surface area contributed by atoms with Crippen LogP contribution in [0.1, 0.15) is 12.5 Å². The van der Waals surface area contributed by atoms with Crippen LogP contribution in [0.4, 0.5) is 0 Å². The first-order chi connectivity index (χ1) is 7.24. The Morgan fingerprint density at radius 1 is 1.33 bits per heavy atom. The van der Waals surface area contributed by atoms with Gasteiger partial charge in [-0.3, -0.25) is 9.59 Å². The van der Waals surface area contributed by atoms with Gasteiger partial charge in [0.05, 0.1) is 0 Å². The Hall–Kier alpha value is -1.36. The molecule has 0 bridgehead atoms. The van der Waals surface area contributed by atoms with Crippen molar-refractivity contribution in [1.29, 1.82) is 0 Å². The molecule has 82 valence electrons. The standard InChI is InChI=1S/C10H14N2O2S/c1-2-11-9(13)10(14)12-5-3-8-4-6-15-7-8/h4,6-7H,2-3,5H2,1H3,(H,11,13)(H,12,14). The van der Waals surface area contributed by atoms with E-state index >= 15 is 0 Å². The van der Waals surface area contributed by atoms with Gasteiger partial charge in [0.25, 0.3) is 0 Å². The molecule has 0 aliphatic carbocycles. The molecule has 0 radical (unpaired) electrons. The molecular weight excluding hydrogens is 212 g/mol. The van der Waals surface area contributed by atoms with Crippen molar-refractivity contribution >= 4 is 23.2 Å². The summed E-state index contributed by atoms with van der Waals surface area (Å²) in [6.45, 7) is 2.74. The third-order valence-electron chi connectivity index (χ3n) is 1.82. The van der Waals surface area contributed by atoms with Gasteiger partial charge in [-0.2, -0.15) is 11.3 Å². The Morgan fingerprint density at radius 3 is 2.67 bits per heavy atom. The minimum atomic E-state index is -0.567. The molecule has 1 aromatic heterocycles. The second kappa shape index (κ2) is 6.19. The van der Waals surface area contributed by atoms with E-state index in [1.54, 1.807) is 18.3 Å². The molecule has 1 heterocycles. The summed E-state index contributed by atoms with van der Waals surface area (Å²) < 4.78 is 0. The van der Waals surface area contributed by atoms with E-state index in [0.29, 0.717) is 13.1 Å². The molecule has 1 rings (SSSR count). The second-order valence-electron chi connectivity index (χ2n) is 3.00. The van der Waals surface area contributed by atoms with Gasteiger partial charge in [-0.15, -0.1) is 0 Å². The zero-order valence-electron chi connectivity index (χ0n) is 8.58. The highest BCUT2D eigenvalue weighted by Gasteiger charge is 2.10. The summed E-state index contributed by atoms with van der Waals surface area (Å²) in [4.78, 5) is 22.2. The van der Waals surface area contributed by atoms with E-state index in [1.807, 2.05) is 16.8 Å². The lowest BCUT2D eigenvalue weighted by molar-refractivity contribution is -0.139. The minimum Gasteiger partial charge on any atom is -0.348 e. The monoisotopic (exact) mass is 226 g/mol. The zero-order chi connectivity index (χ0) is 11.1. The number of carbonyl (C=O) groups is 2. The van der Waals surface area contributed by atoms with Crippen LogP contribution in [-0.4, -0.2) is 24.9 Å². The van der Waals surface area contributed by atoms with Crippen molar-refractivity contribution in [2.24, 2.45) is 0 Å². The largest absolute Gasteiger partial charge is 0.348 e. The maximum Gasteiger partial charge on any atom is 0.309 e. The number of hydrogen-bond donors (Lipinski definition) is 2. The van der Waals surface area contributed by atoms with Crippen molar-refractivity contribution in [3.63, 3.8) is 0 Å². The fourth-order valence-electron chi connectivity index (χ4n) is 1.08. The fourth-order valence-corrected chi connectivity index (χ4v) is 1.78. The number of nitrogens with one attached hydrogen (secondary N) is 2. The summed E-state index contributed by atoms with van der Waals surface area (Å²) in [7, 11) is 0. The predicted molar refractivity (Wildman–Crippen MR) is 59.7 cm³/mol. The zero-order valence-corrected chi connectivity index (χ0v) is 9.39. The van der Waals surface area contributed by atoms with Crippen molar-refractivity contribution < 1.29 is 9.59 Å². The van der Waals surface area contributed by atoms with E-state index < -0.39 is 11.8 Å². The maximum atomic E-state index is 11.1. The molecule has 1 aromatic rings. The summed E-state index contributed by atoms with van der Waals surface area (Å²) in [5.41, 5.74) is 1.18. The molecule has 0 saturated carbocycles. The molecule has 2 amide bonds. The van der Waals surface area contributed by atoms with Gasteiger partial charge in [0.2, 0.25) is 0 Å². The number of rotatable bonds is 4. The molecule has 0 unspecified atom stereocenters. The Bertz CT molecular complexity index is 322. The highest BCUT2D eigenvalue weighted by molar-refractivity contribution is 7.07. The van der Waals surface area contributed by atoms with Gasteiger partial charge in [0.1, 0.15) is 0 Å². The smallest absolute Gasteiger partial charge is 0.309 e. The van der Waals surface area contributed by atoms with Crippen LogP contribution in [0.25, 0.3) is 0 Å². The number of thiophene rings is 1.